The second-order valence-corrected chi connectivity index (χ2v) is 6.91. The van der Waals surface area contributed by atoms with E-state index in [4.69, 9.17) is 0 Å². The predicted octanol–water partition coefficient (Wildman–Crippen LogP) is 3.08. The molecule has 0 bridgehead atoms. The van der Waals surface area contributed by atoms with Gasteiger partial charge in [-0.15, -0.1) is 0 Å². The molecule has 1 atom stereocenters. The van der Waals surface area contributed by atoms with E-state index in [1.54, 1.807) is 0 Å². The lowest BCUT2D eigenvalue weighted by molar-refractivity contribution is -0.120. The average Bonchev–Trinajstić information content (AvgIpc) is 3.33. The maximum atomic E-state index is 12.2. The van der Waals surface area contributed by atoms with Crippen LogP contribution in [0.2, 0.25) is 0 Å². The highest BCUT2D eigenvalue weighted by atomic mass is 32.1. The molecule has 3 rings (SSSR count). The van der Waals surface area contributed by atoms with Gasteiger partial charge in [0.2, 0.25) is 5.91 Å². The van der Waals surface area contributed by atoms with Gasteiger partial charge in [0.15, 0.2) is 0 Å². The molecule has 2 saturated carbocycles. The fraction of sp³-hybridized carbons (Fsp3) is 0.588. The fourth-order valence-corrected chi connectivity index (χ4v) is 3.34. The van der Waals surface area contributed by atoms with E-state index in [0.717, 1.165) is 24.3 Å². The van der Waals surface area contributed by atoms with E-state index < -0.39 is 0 Å². The van der Waals surface area contributed by atoms with Gasteiger partial charge < -0.3 is 5.32 Å². The lowest BCUT2D eigenvalue weighted by atomic mass is 9.98. The van der Waals surface area contributed by atoms with E-state index in [1.165, 1.54) is 31.2 Å². The summed E-state index contributed by atoms with van der Waals surface area (Å²) in [5.74, 6) is 2.59. The van der Waals surface area contributed by atoms with Crippen molar-refractivity contribution in [2.24, 2.45) is 17.8 Å². The number of hydrogen-bond donors (Lipinski definition) is 2. The second kappa shape index (κ2) is 6.21. The topological polar surface area (TPSA) is 29.1 Å². The summed E-state index contributed by atoms with van der Waals surface area (Å²) in [5.41, 5.74) is 1.17. The highest BCUT2D eigenvalue weighted by molar-refractivity contribution is 7.81. The van der Waals surface area contributed by atoms with Gasteiger partial charge in [-0.25, -0.2) is 0 Å². The molecule has 20 heavy (non-hydrogen) atoms. The first kappa shape index (κ1) is 14.0. The van der Waals surface area contributed by atoms with Crippen LogP contribution in [0.1, 0.15) is 31.2 Å². The smallest absolute Gasteiger partial charge is 0.233 e. The molecule has 2 aliphatic rings. The molecule has 0 saturated heterocycles. The maximum Gasteiger partial charge on any atom is 0.233 e. The predicted molar refractivity (Wildman–Crippen MR) is 84.9 cm³/mol. The molecule has 1 unspecified atom stereocenters. The van der Waals surface area contributed by atoms with Crippen molar-refractivity contribution in [1.29, 1.82) is 0 Å². The highest BCUT2D eigenvalue weighted by Gasteiger charge is 2.41. The first-order chi connectivity index (χ1) is 9.74. The Balaban J connectivity index is 1.45. The number of hydrogen-bond acceptors (Lipinski definition) is 2. The Labute approximate surface area is 126 Å². The molecule has 0 heterocycles. The minimum Gasteiger partial charge on any atom is -0.355 e. The van der Waals surface area contributed by atoms with E-state index in [9.17, 15) is 4.79 Å². The third-order valence-corrected chi connectivity index (χ3v) is 4.96. The molecule has 2 nitrogen and oxygen atoms in total. The van der Waals surface area contributed by atoms with Crippen LogP contribution in [0.4, 0.5) is 0 Å². The Morgan fingerprint density at radius 2 is 1.75 bits per heavy atom. The summed E-state index contributed by atoms with van der Waals surface area (Å²) in [4.78, 5) is 12.2. The molecule has 2 aliphatic carbocycles. The molecular formula is C17H23NOS. The Bertz CT molecular complexity index is 441. The summed E-state index contributed by atoms with van der Waals surface area (Å²) in [6.45, 7) is 0.861. The van der Waals surface area contributed by atoms with Crippen LogP contribution in [0.3, 0.4) is 0 Å². The van der Waals surface area contributed by atoms with Gasteiger partial charge in [0, 0.05) is 6.54 Å². The fourth-order valence-electron chi connectivity index (χ4n) is 3.03. The second-order valence-electron chi connectivity index (χ2n) is 6.29. The van der Waals surface area contributed by atoms with Crippen molar-refractivity contribution in [1.82, 2.24) is 5.32 Å². The van der Waals surface area contributed by atoms with Crippen LogP contribution < -0.4 is 5.32 Å². The maximum absolute atomic E-state index is 12.2. The van der Waals surface area contributed by atoms with Crippen LogP contribution in [-0.4, -0.2) is 17.7 Å². The van der Waals surface area contributed by atoms with E-state index in [-0.39, 0.29) is 11.2 Å². The summed E-state index contributed by atoms with van der Waals surface area (Å²) in [6, 6.07) is 10.1. The van der Waals surface area contributed by atoms with Crippen molar-refractivity contribution >= 4 is 18.5 Å². The Kier molecular flexibility index (Phi) is 4.35. The van der Waals surface area contributed by atoms with E-state index in [1.807, 2.05) is 30.3 Å². The normalized spacial score (nSPS) is 19.9. The van der Waals surface area contributed by atoms with Gasteiger partial charge in [-0.3, -0.25) is 4.79 Å². The zero-order chi connectivity index (χ0) is 13.9. The third-order valence-electron chi connectivity index (χ3n) is 4.54. The number of carbonyl (C=O) groups excluding carboxylic acids is 1. The van der Waals surface area contributed by atoms with Gasteiger partial charge in [0.05, 0.1) is 5.25 Å². The summed E-state index contributed by atoms with van der Waals surface area (Å²) < 4.78 is 0. The molecular weight excluding hydrogens is 266 g/mol. The first-order valence-corrected chi connectivity index (χ1v) is 8.25. The van der Waals surface area contributed by atoms with E-state index in [0.29, 0.717) is 6.42 Å². The first-order valence-electron chi connectivity index (χ1n) is 7.73. The number of benzene rings is 1. The molecule has 1 aromatic carbocycles. The lowest BCUT2D eigenvalue weighted by Gasteiger charge is -2.18. The van der Waals surface area contributed by atoms with Crippen molar-refractivity contribution in [2.45, 2.75) is 37.4 Å². The minimum absolute atomic E-state index is 0.0866. The number of carbonyl (C=O) groups is 1. The number of nitrogens with one attached hydrogen (secondary N) is 1. The van der Waals surface area contributed by atoms with E-state index >= 15 is 0 Å². The van der Waals surface area contributed by atoms with Crippen LogP contribution in [0, 0.1) is 17.8 Å². The van der Waals surface area contributed by atoms with Crippen molar-refractivity contribution in [3.05, 3.63) is 35.9 Å². The van der Waals surface area contributed by atoms with Gasteiger partial charge in [0.25, 0.3) is 0 Å². The largest absolute Gasteiger partial charge is 0.355 e. The number of thiol groups is 1. The van der Waals surface area contributed by atoms with Crippen molar-refractivity contribution in [2.75, 3.05) is 6.54 Å². The Morgan fingerprint density at radius 1 is 1.15 bits per heavy atom. The van der Waals surface area contributed by atoms with Gasteiger partial charge in [-0.2, -0.15) is 12.6 Å². The summed E-state index contributed by atoms with van der Waals surface area (Å²) in [6.07, 6.45) is 6.17. The lowest BCUT2D eigenvalue weighted by Crippen LogP contribution is -2.37. The van der Waals surface area contributed by atoms with Crippen molar-refractivity contribution < 1.29 is 4.79 Å². The van der Waals surface area contributed by atoms with Crippen LogP contribution in [0.15, 0.2) is 30.3 Å². The molecule has 0 aromatic heterocycles. The zero-order valence-electron chi connectivity index (χ0n) is 11.8. The molecule has 2 fully saturated rings. The highest BCUT2D eigenvalue weighted by Crippen LogP contribution is 2.48. The van der Waals surface area contributed by atoms with Crippen LogP contribution >= 0.6 is 12.6 Å². The van der Waals surface area contributed by atoms with Crippen LogP contribution in [0.5, 0.6) is 0 Å². The minimum atomic E-state index is -0.239. The third kappa shape index (κ3) is 3.78. The summed E-state index contributed by atoms with van der Waals surface area (Å²) in [7, 11) is 0. The zero-order valence-corrected chi connectivity index (χ0v) is 12.7. The number of amides is 1. The average molecular weight is 289 g/mol. The summed E-state index contributed by atoms with van der Waals surface area (Å²) >= 11 is 4.46. The van der Waals surface area contributed by atoms with Crippen LogP contribution in [-0.2, 0) is 11.2 Å². The monoisotopic (exact) mass is 289 g/mol. The van der Waals surface area contributed by atoms with Crippen molar-refractivity contribution in [3.8, 4) is 0 Å². The number of rotatable bonds is 7. The Hall–Kier alpha value is -0.960. The molecule has 3 heteroatoms. The Morgan fingerprint density at radius 3 is 2.30 bits per heavy atom. The summed E-state index contributed by atoms with van der Waals surface area (Å²) in [5, 5.41) is 2.89. The molecule has 1 aromatic rings. The molecule has 0 radical (unpaired) electrons. The molecule has 1 N–H and O–H groups in total. The molecule has 0 aliphatic heterocycles. The standard InChI is InChI=1S/C17H23NOS/c19-17(16(20)10-12-4-2-1-3-5-12)18-11-15(13-6-7-13)14-8-9-14/h1-5,13-16,20H,6-11H2,(H,18,19). The van der Waals surface area contributed by atoms with Gasteiger partial charge in [-0.1, -0.05) is 30.3 Å². The van der Waals surface area contributed by atoms with Gasteiger partial charge >= 0.3 is 0 Å². The molecule has 0 spiro atoms. The van der Waals surface area contributed by atoms with Gasteiger partial charge in [-0.05, 0) is 55.4 Å². The molecule has 1 amide bonds. The van der Waals surface area contributed by atoms with Crippen LogP contribution in [0.25, 0.3) is 0 Å². The SMILES string of the molecule is O=C(NCC(C1CC1)C1CC1)C(S)Cc1ccccc1. The molecule has 108 valence electrons. The quantitative estimate of drug-likeness (QED) is 0.742. The van der Waals surface area contributed by atoms with Crippen molar-refractivity contribution in [3.63, 3.8) is 0 Å². The van der Waals surface area contributed by atoms with Gasteiger partial charge in [0.1, 0.15) is 0 Å². The van der Waals surface area contributed by atoms with E-state index in [2.05, 4.69) is 17.9 Å².